The van der Waals surface area contributed by atoms with E-state index >= 15 is 0 Å². The van der Waals surface area contributed by atoms with Gasteiger partial charge < -0.3 is 15.0 Å². The second-order valence-corrected chi connectivity index (χ2v) is 5.18. The van der Waals surface area contributed by atoms with Crippen molar-refractivity contribution in [3.8, 4) is 0 Å². The van der Waals surface area contributed by atoms with Crippen molar-refractivity contribution < 1.29 is 5.11 Å². The quantitative estimate of drug-likeness (QED) is 0.778. The summed E-state index contributed by atoms with van der Waals surface area (Å²) in [7, 11) is 0. The summed E-state index contributed by atoms with van der Waals surface area (Å²) in [5.74, 6) is 1.63. The van der Waals surface area contributed by atoms with Gasteiger partial charge in [0, 0.05) is 13.2 Å². The molecule has 0 spiro atoms. The van der Waals surface area contributed by atoms with Crippen LogP contribution in [0.3, 0.4) is 0 Å². The molecule has 2 N–H and O–H groups in total. The molecule has 0 aliphatic rings. The van der Waals surface area contributed by atoms with Gasteiger partial charge >= 0.3 is 0 Å². The number of aliphatic hydroxyl groups excluding tert-OH is 1. The molecule has 1 aromatic heterocycles. The number of nitrogens with zero attached hydrogens (tertiary/aromatic N) is 2. The molecule has 110 valence electrons. The number of rotatable bonds is 8. The Bertz CT molecular complexity index is 536. The first-order valence-corrected chi connectivity index (χ1v) is 7.55. The highest BCUT2D eigenvalue weighted by atomic mass is 16.3. The second kappa shape index (κ2) is 7.41. The molecular formula is C16H25N3O. The molecule has 0 bridgehead atoms. The number of aromatic nitrogens is 2. The van der Waals surface area contributed by atoms with Crippen molar-refractivity contribution in [3.63, 3.8) is 0 Å². The molecule has 1 aromatic carbocycles. The predicted molar refractivity (Wildman–Crippen MR) is 82.6 cm³/mol. The maximum atomic E-state index is 9.02. The van der Waals surface area contributed by atoms with Gasteiger partial charge in [0.2, 0.25) is 0 Å². The Hall–Kier alpha value is -1.39. The number of aliphatic hydroxyl groups is 1. The maximum Gasteiger partial charge on any atom is 0.123 e. The van der Waals surface area contributed by atoms with E-state index in [9.17, 15) is 0 Å². The number of hydrogen-bond acceptors (Lipinski definition) is 3. The Kier molecular flexibility index (Phi) is 5.56. The van der Waals surface area contributed by atoms with Gasteiger partial charge in [-0.1, -0.05) is 25.5 Å². The number of aryl methyl sites for hydroxylation is 1. The number of benzene rings is 1. The van der Waals surface area contributed by atoms with Crippen molar-refractivity contribution in [1.29, 1.82) is 0 Å². The molecule has 1 atom stereocenters. The molecule has 0 aliphatic carbocycles. The summed E-state index contributed by atoms with van der Waals surface area (Å²) >= 11 is 0. The highest BCUT2D eigenvalue weighted by Gasteiger charge is 2.10. The van der Waals surface area contributed by atoms with Crippen LogP contribution < -0.4 is 5.32 Å². The first kappa shape index (κ1) is 15.0. The number of para-hydroxylation sites is 2. The third-order valence-corrected chi connectivity index (χ3v) is 3.88. The summed E-state index contributed by atoms with van der Waals surface area (Å²) in [6, 6.07) is 8.27. The average Bonchev–Trinajstić information content (AvgIpc) is 2.83. The van der Waals surface area contributed by atoms with Crippen molar-refractivity contribution in [2.24, 2.45) is 5.92 Å². The molecule has 4 nitrogen and oxygen atoms in total. The van der Waals surface area contributed by atoms with Gasteiger partial charge in [-0.25, -0.2) is 4.98 Å². The molecule has 2 aromatic rings. The van der Waals surface area contributed by atoms with Crippen LogP contribution in [0.5, 0.6) is 0 Å². The standard InChI is InChI=1S/C16H25N3O/c1-3-13(9-10-20)11-17-12-16-18-14-7-5-6-8-15(14)19(16)4-2/h5-8,13,17,20H,3-4,9-12H2,1-2H3. The number of imidazole rings is 1. The van der Waals surface area contributed by atoms with Gasteiger partial charge in [-0.05, 0) is 37.9 Å². The molecule has 1 heterocycles. The number of nitrogens with one attached hydrogen (secondary N) is 1. The smallest absolute Gasteiger partial charge is 0.123 e. The van der Waals surface area contributed by atoms with Gasteiger partial charge in [0.05, 0.1) is 17.6 Å². The van der Waals surface area contributed by atoms with E-state index in [1.165, 1.54) is 5.52 Å². The van der Waals surface area contributed by atoms with Gasteiger partial charge in [-0.3, -0.25) is 0 Å². The molecule has 0 fully saturated rings. The lowest BCUT2D eigenvalue weighted by atomic mass is 10.0. The van der Waals surface area contributed by atoms with Crippen LogP contribution >= 0.6 is 0 Å². The first-order valence-electron chi connectivity index (χ1n) is 7.55. The molecular weight excluding hydrogens is 250 g/mol. The topological polar surface area (TPSA) is 50.1 Å². The molecule has 2 rings (SSSR count). The Balaban J connectivity index is 2.02. The first-order chi connectivity index (χ1) is 9.80. The minimum atomic E-state index is 0.271. The summed E-state index contributed by atoms with van der Waals surface area (Å²) in [6.07, 6.45) is 1.96. The highest BCUT2D eigenvalue weighted by molar-refractivity contribution is 5.75. The van der Waals surface area contributed by atoms with Crippen LogP contribution in [0, 0.1) is 5.92 Å². The zero-order chi connectivity index (χ0) is 14.4. The fraction of sp³-hybridized carbons (Fsp3) is 0.562. The highest BCUT2D eigenvalue weighted by Crippen LogP contribution is 2.16. The second-order valence-electron chi connectivity index (χ2n) is 5.18. The van der Waals surface area contributed by atoms with E-state index < -0.39 is 0 Å². The van der Waals surface area contributed by atoms with Crippen LogP contribution in [-0.2, 0) is 13.1 Å². The Labute approximate surface area is 120 Å². The average molecular weight is 275 g/mol. The van der Waals surface area contributed by atoms with E-state index in [0.717, 1.165) is 43.8 Å². The van der Waals surface area contributed by atoms with E-state index in [1.807, 2.05) is 6.07 Å². The summed E-state index contributed by atoms with van der Waals surface area (Å²) in [6.45, 7) is 7.25. The molecule has 1 unspecified atom stereocenters. The monoisotopic (exact) mass is 275 g/mol. The van der Waals surface area contributed by atoms with Crippen LogP contribution in [0.2, 0.25) is 0 Å². The third-order valence-electron chi connectivity index (χ3n) is 3.88. The Morgan fingerprint density at radius 1 is 1.30 bits per heavy atom. The largest absolute Gasteiger partial charge is 0.396 e. The summed E-state index contributed by atoms with van der Waals surface area (Å²) in [4.78, 5) is 4.70. The summed E-state index contributed by atoms with van der Waals surface area (Å²) < 4.78 is 2.26. The van der Waals surface area contributed by atoms with Gasteiger partial charge in [0.1, 0.15) is 5.82 Å². The third kappa shape index (κ3) is 3.38. The van der Waals surface area contributed by atoms with Gasteiger partial charge in [-0.2, -0.15) is 0 Å². The maximum absolute atomic E-state index is 9.02. The Morgan fingerprint density at radius 3 is 2.80 bits per heavy atom. The van der Waals surface area contributed by atoms with Crippen LogP contribution in [0.25, 0.3) is 11.0 Å². The van der Waals surface area contributed by atoms with Gasteiger partial charge in [-0.15, -0.1) is 0 Å². The van der Waals surface area contributed by atoms with E-state index in [1.54, 1.807) is 0 Å². The predicted octanol–water partition coefficient (Wildman–Crippen LogP) is 2.55. The molecule has 0 amide bonds. The minimum Gasteiger partial charge on any atom is -0.396 e. The normalized spacial score (nSPS) is 12.9. The summed E-state index contributed by atoms with van der Waals surface area (Å²) in [5.41, 5.74) is 2.27. The van der Waals surface area contributed by atoms with Crippen molar-refractivity contribution in [2.45, 2.75) is 39.8 Å². The van der Waals surface area contributed by atoms with E-state index in [4.69, 9.17) is 10.1 Å². The van der Waals surface area contributed by atoms with Crippen molar-refractivity contribution >= 4 is 11.0 Å². The molecule has 0 saturated carbocycles. The SMILES string of the molecule is CCC(CCO)CNCc1nc2ccccc2n1CC. The fourth-order valence-electron chi connectivity index (χ4n) is 2.63. The number of hydrogen-bond donors (Lipinski definition) is 2. The molecule has 0 radical (unpaired) electrons. The molecule has 0 saturated heterocycles. The van der Waals surface area contributed by atoms with Gasteiger partial charge in [0.25, 0.3) is 0 Å². The zero-order valence-corrected chi connectivity index (χ0v) is 12.5. The molecule has 0 aliphatic heterocycles. The van der Waals surface area contributed by atoms with Crippen LogP contribution in [0.1, 0.15) is 32.5 Å². The van der Waals surface area contributed by atoms with E-state index in [-0.39, 0.29) is 6.61 Å². The molecule has 4 heteroatoms. The van der Waals surface area contributed by atoms with Gasteiger partial charge in [0.15, 0.2) is 0 Å². The zero-order valence-electron chi connectivity index (χ0n) is 12.5. The van der Waals surface area contributed by atoms with Crippen molar-refractivity contribution in [1.82, 2.24) is 14.9 Å². The lowest BCUT2D eigenvalue weighted by molar-refractivity contribution is 0.251. The number of fused-ring (bicyclic) bond motifs is 1. The fourth-order valence-corrected chi connectivity index (χ4v) is 2.63. The molecule has 20 heavy (non-hydrogen) atoms. The lowest BCUT2D eigenvalue weighted by Crippen LogP contribution is -2.24. The lowest BCUT2D eigenvalue weighted by Gasteiger charge is -2.14. The van der Waals surface area contributed by atoms with Crippen LogP contribution in [0.4, 0.5) is 0 Å². The summed E-state index contributed by atoms with van der Waals surface area (Å²) in [5, 5.41) is 12.5. The van der Waals surface area contributed by atoms with Crippen LogP contribution in [0.15, 0.2) is 24.3 Å². The van der Waals surface area contributed by atoms with Crippen molar-refractivity contribution in [3.05, 3.63) is 30.1 Å². The minimum absolute atomic E-state index is 0.271. The van der Waals surface area contributed by atoms with E-state index in [2.05, 4.69) is 41.9 Å². The van der Waals surface area contributed by atoms with E-state index in [0.29, 0.717) is 5.92 Å². The van der Waals surface area contributed by atoms with Crippen LogP contribution in [-0.4, -0.2) is 27.8 Å². The van der Waals surface area contributed by atoms with Crippen molar-refractivity contribution in [2.75, 3.05) is 13.2 Å². The Morgan fingerprint density at radius 2 is 2.10 bits per heavy atom.